The Morgan fingerprint density at radius 1 is 0.651 bits per heavy atom. The maximum absolute atomic E-state index is 8.79. The first kappa shape index (κ1) is 24.7. The second-order valence-electron chi connectivity index (χ2n) is 10.3. The molecule has 204 valence electrons. The van der Waals surface area contributed by atoms with E-state index < -0.39 is 0 Å². The summed E-state index contributed by atoms with van der Waals surface area (Å²) in [6.07, 6.45) is 3.74. The second kappa shape index (κ2) is 10.1. The van der Waals surface area contributed by atoms with Crippen molar-refractivity contribution in [1.29, 1.82) is 5.41 Å². The average Bonchev–Trinajstić information content (AvgIpc) is 3.58. The fourth-order valence-corrected chi connectivity index (χ4v) is 5.80. The van der Waals surface area contributed by atoms with Crippen LogP contribution in [-0.4, -0.2) is 30.9 Å². The zero-order chi connectivity index (χ0) is 28.8. The van der Waals surface area contributed by atoms with Gasteiger partial charge in [-0.3, -0.25) is 15.8 Å². The number of aliphatic imine (C=N–C) groups is 1. The molecular formula is C36H25N7. The molecule has 0 unspecified atom stereocenters. The van der Waals surface area contributed by atoms with Gasteiger partial charge in [0.1, 0.15) is 0 Å². The lowest BCUT2D eigenvalue weighted by Crippen LogP contribution is -2.25. The van der Waals surface area contributed by atoms with Gasteiger partial charge in [-0.25, -0.2) is 14.7 Å². The van der Waals surface area contributed by atoms with Crippen LogP contribution in [0.5, 0.6) is 0 Å². The third-order valence-corrected chi connectivity index (χ3v) is 7.71. The van der Waals surface area contributed by atoms with Crippen molar-refractivity contribution >= 4 is 55.5 Å². The van der Waals surface area contributed by atoms with Crippen molar-refractivity contribution in [3.8, 4) is 5.69 Å². The first-order valence-corrected chi connectivity index (χ1v) is 14.1. The largest absolute Gasteiger partial charge is 0.307 e. The normalized spacial score (nSPS) is 12.0. The SMILES string of the molecule is N=C(N=C(Nn1c2ccccc2c2c1ncc1c3ncccc3n(-c3ccccc3)c12)c1ccccc1)c1ccccc1. The van der Waals surface area contributed by atoms with E-state index in [4.69, 9.17) is 20.4 Å². The molecule has 7 nitrogen and oxygen atoms in total. The molecule has 0 fully saturated rings. The highest BCUT2D eigenvalue weighted by molar-refractivity contribution is 6.24. The van der Waals surface area contributed by atoms with Crippen molar-refractivity contribution in [3.05, 3.63) is 151 Å². The van der Waals surface area contributed by atoms with E-state index in [1.54, 1.807) is 0 Å². The molecular weight excluding hydrogens is 530 g/mol. The molecule has 2 N–H and O–H groups in total. The van der Waals surface area contributed by atoms with Crippen molar-refractivity contribution in [1.82, 2.24) is 19.2 Å². The zero-order valence-corrected chi connectivity index (χ0v) is 23.0. The Bertz CT molecular complexity index is 2320. The topological polar surface area (TPSA) is 83.9 Å². The van der Waals surface area contributed by atoms with Crippen LogP contribution in [0.1, 0.15) is 11.1 Å². The molecule has 0 aliphatic rings. The first-order chi connectivity index (χ1) is 21.3. The maximum Gasteiger partial charge on any atom is 0.162 e. The molecule has 4 aromatic heterocycles. The van der Waals surface area contributed by atoms with Crippen LogP contribution in [0.15, 0.2) is 145 Å². The number of benzene rings is 4. The van der Waals surface area contributed by atoms with Crippen LogP contribution in [0.3, 0.4) is 0 Å². The minimum absolute atomic E-state index is 0.165. The molecule has 0 amide bonds. The van der Waals surface area contributed by atoms with Gasteiger partial charge in [0.15, 0.2) is 17.3 Å². The highest BCUT2D eigenvalue weighted by Gasteiger charge is 2.22. The van der Waals surface area contributed by atoms with Gasteiger partial charge in [-0.15, -0.1) is 0 Å². The number of hydrogen-bond donors (Lipinski definition) is 2. The van der Waals surface area contributed by atoms with Crippen molar-refractivity contribution in [2.75, 3.05) is 5.43 Å². The number of rotatable bonds is 4. The summed E-state index contributed by atoms with van der Waals surface area (Å²) in [5.41, 5.74) is 10.9. The Morgan fingerprint density at radius 2 is 1.30 bits per heavy atom. The van der Waals surface area contributed by atoms with Crippen LogP contribution in [0, 0.1) is 5.41 Å². The monoisotopic (exact) mass is 555 g/mol. The fraction of sp³-hybridized carbons (Fsp3) is 0. The van der Waals surface area contributed by atoms with E-state index in [9.17, 15) is 0 Å². The number of para-hydroxylation sites is 2. The summed E-state index contributed by atoms with van der Waals surface area (Å²) in [6.45, 7) is 0. The van der Waals surface area contributed by atoms with E-state index in [1.165, 1.54) is 0 Å². The Kier molecular flexibility index (Phi) is 5.79. The molecule has 4 heterocycles. The summed E-state index contributed by atoms with van der Waals surface area (Å²) < 4.78 is 4.25. The lowest BCUT2D eigenvalue weighted by Gasteiger charge is -2.14. The molecule has 0 bridgehead atoms. The minimum atomic E-state index is 0.165. The van der Waals surface area contributed by atoms with Crippen molar-refractivity contribution < 1.29 is 0 Å². The molecule has 8 rings (SSSR count). The van der Waals surface area contributed by atoms with E-state index >= 15 is 0 Å². The van der Waals surface area contributed by atoms with Crippen LogP contribution >= 0.6 is 0 Å². The smallest absolute Gasteiger partial charge is 0.162 e. The minimum Gasteiger partial charge on any atom is -0.307 e. The van der Waals surface area contributed by atoms with Gasteiger partial charge >= 0.3 is 0 Å². The van der Waals surface area contributed by atoms with E-state index in [-0.39, 0.29) is 5.84 Å². The van der Waals surface area contributed by atoms with Crippen LogP contribution in [0.4, 0.5) is 0 Å². The maximum atomic E-state index is 8.79. The molecule has 0 spiro atoms. The van der Waals surface area contributed by atoms with Gasteiger partial charge < -0.3 is 4.57 Å². The summed E-state index contributed by atoms with van der Waals surface area (Å²) in [5.74, 6) is 0.711. The molecule has 8 aromatic rings. The zero-order valence-electron chi connectivity index (χ0n) is 23.0. The van der Waals surface area contributed by atoms with Gasteiger partial charge in [0.05, 0.1) is 27.5 Å². The molecule has 0 atom stereocenters. The molecule has 0 aliphatic heterocycles. The standard InChI is InChI=1S/C36H25N7/c37-34(24-13-4-1-5-14-24)40-35(25-15-6-2-7-16-25)41-43-29-20-11-10-19-27(29)31-33-28(23-39-36(31)43)32-30(21-12-22-38-32)42(33)26-17-8-3-9-18-26/h1-23H,(H2,37,40,41). The number of aromatic nitrogens is 4. The Hall–Kier alpha value is -6.08. The van der Waals surface area contributed by atoms with Gasteiger partial charge in [0, 0.05) is 40.0 Å². The third kappa shape index (κ3) is 4.06. The quantitative estimate of drug-likeness (QED) is 0.172. The second-order valence-corrected chi connectivity index (χ2v) is 10.3. The molecule has 4 aromatic carbocycles. The Balaban J connectivity index is 1.42. The molecule has 0 aliphatic carbocycles. The summed E-state index contributed by atoms with van der Waals surface area (Å²) in [4.78, 5) is 14.6. The van der Waals surface area contributed by atoms with E-state index in [0.717, 1.165) is 60.7 Å². The number of nitrogens with zero attached hydrogens (tertiary/aromatic N) is 5. The summed E-state index contributed by atoms with van der Waals surface area (Å²) in [7, 11) is 0. The summed E-state index contributed by atoms with van der Waals surface area (Å²) >= 11 is 0. The number of fused-ring (bicyclic) bond motifs is 7. The Labute approximate surface area is 246 Å². The van der Waals surface area contributed by atoms with Gasteiger partial charge in [0.25, 0.3) is 0 Å². The van der Waals surface area contributed by atoms with Gasteiger partial charge in [0.2, 0.25) is 0 Å². The predicted octanol–water partition coefficient (Wildman–Crippen LogP) is 7.70. The summed E-state index contributed by atoms with van der Waals surface area (Å²) in [5, 5.41) is 11.8. The summed E-state index contributed by atoms with van der Waals surface area (Å²) in [6, 6.07) is 42.2. The molecule has 7 heteroatoms. The highest BCUT2D eigenvalue weighted by Crippen LogP contribution is 2.38. The van der Waals surface area contributed by atoms with Gasteiger partial charge in [-0.2, -0.15) is 0 Å². The highest BCUT2D eigenvalue weighted by atomic mass is 15.4. The predicted molar refractivity (Wildman–Crippen MR) is 175 cm³/mol. The molecule has 43 heavy (non-hydrogen) atoms. The van der Waals surface area contributed by atoms with Crippen LogP contribution < -0.4 is 5.43 Å². The molecule has 0 saturated heterocycles. The van der Waals surface area contributed by atoms with Crippen molar-refractivity contribution in [2.24, 2.45) is 4.99 Å². The molecule has 0 saturated carbocycles. The first-order valence-electron chi connectivity index (χ1n) is 14.1. The van der Waals surface area contributed by atoms with Crippen LogP contribution in [-0.2, 0) is 0 Å². The molecule has 0 radical (unpaired) electrons. The van der Waals surface area contributed by atoms with E-state index in [2.05, 4.69) is 58.5 Å². The number of amidine groups is 2. The van der Waals surface area contributed by atoms with Crippen molar-refractivity contribution in [3.63, 3.8) is 0 Å². The number of nitrogens with one attached hydrogen (secondary N) is 2. The van der Waals surface area contributed by atoms with Crippen LogP contribution in [0.25, 0.3) is 49.6 Å². The lowest BCUT2D eigenvalue weighted by molar-refractivity contribution is 1.05. The van der Waals surface area contributed by atoms with E-state index in [0.29, 0.717) is 5.84 Å². The fourth-order valence-electron chi connectivity index (χ4n) is 5.80. The van der Waals surface area contributed by atoms with E-state index in [1.807, 2.05) is 95.9 Å². The third-order valence-electron chi connectivity index (χ3n) is 7.71. The lowest BCUT2D eigenvalue weighted by atomic mass is 10.1. The number of pyridine rings is 2. The average molecular weight is 556 g/mol. The number of hydrogen-bond acceptors (Lipinski definition) is 3. The Morgan fingerprint density at radius 3 is 2.07 bits per heavy atom. The van der Waals surface area contributed by atoms with Gasteiger partial charge in [-0.1, -0.05) is 97.1 Å². The van der Waals surface area contributed by atoms with Gasteiger partial charge in [-0.05, 0) is 30.3 Å². The van der Waals surface area contributed by atoms with Crippen molar-refractivity contribution in [2.45, 2.75) is 0 Å². The van der Waals surface area contributed by atoms with Crippen LogP contribution in [0.2, 0.25) is 0 Å².